The third kappa shape index (κ3) is 4.53. The molecule has 0 bridgehead atoms. The number of hydrogen-bond acceptors (Lipinski definition) is 5. The molecular weight excluding hydrogens is 334 g/mol. The van der Waals surface area contributed by atoms with E-state index in [0.717, 1.165) is 24.5 Å². The van der Waals surface area contributed by atoms with Crippen LogP contribution in [0.5, 0.6) is 0 Å². The molecule has 1 aromatic carbocycles. The van der Waals surface area contributed by atoms with Crippen LogP contribution in [-0.4, -0.2) is 75.9 Å². The maximum Gasteiger partial charge on any atom is 0.224 e. The third-order valence-corrected chi connectivity index (χ3v) is 4.82. The molecule has 7 heteroatoms. The van der Waals surface area contributed by atoms with Gasteiger partial charge in [-0.2, -0.15) is 0 Å². The normalized spacial score (nSPS) is 17.9. The van der Waals surface area contributed by atoms with Crippen molar-refractivity contribution in [3.05, 3.63) is 24.3 Å². The molecular formula is C19H27N3O4. The predicted octanol–water partition coefficient (Wildman–Crippen LogP) is 1.12. The van der Waals surface area contributed by atoms with Gasteiger partial charge >= 0.3 is 0 Å². The van der Waals surface area contributed by atoms with E-state index in [1.807, 2.05) is 29.2 Å². The highest BCUT2D eigenvalue weighted by Gasteiger charge is 2.23. The van der Waals surface area contributed by atoms with Gasteiger partial charge in [0, 0.05) is 46.1 Å². The number of morpholine rings is 2. The van der Waals surface area contributed by atoms with Gasteiger partial charge in [0.25, 0.3) is 0 Å². The summed E-state index contributed by atoms with van der Waals surface area (Å²) in [5.41, 5.74) is 1.88. The van der Waals surface area contributed by atoms with Gasteiger partial charge in [-0.05, 0) is 12.1 Å². The van der Waals surface area contributed by atoms with E-state index >= 15 is 0 Å². The van der Waals surface area contributed by atoms with Crippen molar-refractivity contribution in [2.24, 2.45) is 0 Å². The first-order chi connectivity index (χ1) is 12.7. The van der Waals surface area contributed by atoms with Crippen LogP contribution in [0.3, 0.4) is 0 Å². The Morgan fingerprint density at radius 1 is 1.00 bits per heavy atom. The van der Waals surface area contributed by atoms with Gasteiger partial charge in [0.1, 0.15) is 0 Å². The van der Waals surface area contributed by atoms with Gasteiger partial charge in [-0.15, -0.1) is 0 Å². The molecule has 0 aliphatic carbocycles. The fourth-order valence-electron chi connectivity index (χ4n) is 3.39. The summed E-state index contributed by atoms with van der Waals surface area (Å²) >= 11 is 0. The highest BCUT2D eigenvalue weighted by Crippen LogP contribution is 2.30. The Morgan fingerprint density at radius 2 is 1.62 bits per heavy atom. The number of rotatable bonds is 5. The summed E-state index contributed by atoms with van der Waals surface area (Å²) in [6, 6.07) is 7.89. The minimum atomic E-state index is -0.0551. The third-order valence-electron chi connectivity index (χ3n) is 4.82. The summed E-state index contributed by atoms with van der Waals surface area (Å²) in [6.45, 7) is 7.33. The van der Waals surface area contributed by atoms with Crippen molar-refractivity contribution in [2.75, 3.05) is 69.0 Å². The van der Waals surface area contributed by atoms with Crippen LogP contribution < -0.4 is 9.80 Å². The summed E-state index contributed by atoms with van der Waals surface area (Å²) in [5, 5.41) is 0. The number of carbonyl (C=O) groups excluding carboxylic acids is 2. The topological polar surface area (TPSA) is 62.3 Å². The number of amides is 2. The second kappa shape index (κ2) is 9.00. The van der Waals surface area contributed by atoms with E-state index < -0.39 is 0 Å². The van der Waals surface area contributed by atoms with Crippen molar-refractivity contribution in [3.8, 4) is 0 Å². The molecule has 0 radical (unpaired) electrons. The molecule has 1 aromatic rings. The van der Waals surface area contributed by atoms with Crippen molar-refractivity contribution in [3.63, 3.8) is 0 Å². The molecule has 0 saturated carbocycles. The summed E-state index contributed by atoms with van der Waals surface area (Å²) in [5.74, 6) is 0.0175. The Bertz CT molecular complexity index is 625. The van der Waals surface area contributed by atoms with E-state index in [1.165, 1.54) is 0 Å². The molecule has 0 atom stereocenters. The van der Waals surface area contributed by atoms with Crippen molar-refractivity contribution in [1.82, 2.24) is 4.90 Å². The highest BCUT2D eigenvalue weighted by molar-refractivity contribution is 5.96. The Kier molecular flexibility index (Phi) is 6.46. The Labute approximate surface area is 154 Å². The average molecular weight is 361 g/mol. The first-order valence-electron chi connectivity index (χ1n) is 9.22. The molecule has 7 nitrogen and oxygen atoms in total. The minimum absolute atomic E-state index is 0.0551. The van der Waals surface area contributed by atoms with Crippen LogP contribution in [-0.2, 0) is 19.1 Å². The van der Waals surface area contributed by atoms with Gasteiger partial charge in [-0.1, -0.05) is 12.1 Å². The molecule has 0 aromatic heterocycles. The molecule has 2 aliphatic rings. The molecule has 2 heterocycles. The van der Waals surface area contributed by atoms with E-state index in [0.29, 0.717) is 52.5 Å². The smallest absolute Gasteiger partial charge is 0.224 e. The fourth-order valence-corrected chi connectivity index (χ4v) is 3.39. The van der Waals surface area contributed by atoms with E-state index in [2.05, 4.69) is 4.90 Å². The molecule has 0 unspecified atom stereocenters. The largest absolute Gasteiger partial charge is 0.378 e. The molecule has 0 N–H and O–H groups in total. The maximum atomic E-state index is 12.4. The fraction of sp³-hybridized carbons (Fsp3) is 0.579. The van der Waals surface area contributed by atoms with Crippen molar-refractivity contribution < 1.29 is 19.1 Å². The van der Waals surface area contributed by atoms with E-state index in [9.17, 15) is 9.59 Å². The number of para-hydroxylation sites is 2. The number of benzene rings is 1. The summed E-state index contributed by atoms with van der Waals surface area (Å²) < 4.78 is 10.7. The van der Waals surface area contributed by atoms with Gasteiger partial charge in [0.2, 0.25) is 11.8 Å². The lowest BCUT2D eigenvalue weighted by Gasteiger charge is -2.33. The molecule has 2 fully saturated rings. The first-order valence-corrected chi connectivity index (χ1v) is 9.22. The lowest BCUT2D eigenvalue weighted by molar-refractivity contribution is -0.135. The Hall–Kier alpha value is -2.12. The van der Waals surface area contributed by atoms with Crippen molar-refractivity contribution in [2.45, 2.75) is 13.3 Å². The molecule has 2 saturated heterocycles. The van der Waals surface area contributed by atoms with Gasteiger partial charge < -0.3 is 24.2 Å². The van der Waals surface area contributed by atoms with E-state index in [1.54, 1.807) is 11.8 Å². The van der Waals surface area contributed by atoms with Crippen LogP contribution >= 0.6 is 0 Å². The number of ether oxygens (including phenoxy) is 2. The van der Waals surface area contributed by atoms with Crippen LogP contribution in [0, 0.1) is 0 Å². The lowest BCUT2D eigenvalue weighted by Crippen LogP contribution is -2.43. The molecule has 3 rings (SSSR count). The van der Waals surface area contributed by atoms with E-state index in [-0.39, 0.29) is 11.8 Å². The zero-order valence-corrected chi connectivity index (χ0v) is 15.4. The average Bonchev–Trinajstić information content (AvgIpc) is 2.69. The number of anilines is 2. The van der Waals surface area contributed by atoms with E-state index in [4.69, 9.17) is 9.47 Å². The van der Waals surface area contributed by atoms with Crippen molar-refractivity contribution >= 4 is 23.2 Å². The highest BCUT2D eigenvalue weighted by atomic mass is 16.5. The molecule has 2 aliphatic heterocycles. The van der Waals surface area contributed by atoms with Gasteiger partial charge in [-0.3, -0.25) is 9.59 Å². The Balaban J connectivity index is 1.71. The van der Waals surface area contributed by atoms with Crippen LogP contribution in [0.4, 0.5) is 11.4 Å². The zero-order valence-electron chi connectivity index (χ0n) is 15.4. The van der Waals surface area contributed by atoms with Crippen LogP contribution in [0.15, 0.2) is 24.3 Å². The standard InChI is InChI=1S/C19H27N3O4/c1-16(23)22(7-6-19(24)21-10-14-26-15-11-21)18-5-3-2-4-17(18)20-8-12-25-13-9-20/h2-5H,6-15H2,1H3. The second-order valence-corrected chi connectivity index (χ2v) is 6.50. The van der Waals surface area contributed by atoms with Crippen LogP contribution in [0.2, 0.25) is 0 Å². The predicted molar refractivity (Wildman–Crippen MR) is 99.5 cm³/mol. The number of hydrogen-bond donors (Lipinski definition) is 0. The van der Waals surface area contributed by atoms with Gasteiger partial charge in [0.05, 0.1) is 37.8 Å². The first kappa shape index (κ1) is 18.7. The quantitative estimate of drug-likeness (QED) is 0.787. The number of carbonyl (C=O) groups is 2. The molecule has 0 spiro atoms. The van der Waals surface area contributed by atoms with Crippen molar-refractivity contribution in [1.29, 1.82) is 0 Å². The minimum Gasteiger partial charge on any atom is -0.378 e. The lowest BCUT2D eigenvalue weighted by atomic mass is 10.2. The SMILES string of the molecule is CC(=O)N(CCC(=O)N1CCOCC1)c1ccccc1N1CCOCC1. The zero-order chi connectivity index (χ0) is 18.4. The summed E-state index contributed by atoms with van der Waals surface area (Å²) in [7, 11) is 0. The Morgan fingerprint density at radius 3 is 2.27 bits per heavy atom. The molecule has 26 heavy (non-hydrogen) atoms. The van der Waals surface area contributed by atoms with Crippen LogP contribution in [0.1, 0.15) is 13.3 Å². The maximum absolute atomic E-state index is 12.4. The van der Waals surface area contributed by atoms with Gasteiger partial charge in [-0.25, -0.2) is 0 Å². The van der Waals surface area contributed by atoms with Gasteiger partial charge in [0.15, 0.2) is 0 Å². The summed E-state index contributed by atoms with van der Waals surface area (Å²) in [6.07, 6.45) is 0.316. The number of nitrogens with zero attached hydrogens (tertiary/aromatic N) is 3. The summed E-state index contributed by atoms with van der Waals surface area (Å²) in [4.78, 5) is 30.5. The second-order valence-electron chi connectivity index (χ2n) is 6.50. The monoisotopic (exact) mass is 361 g/mol. The molecule has 142 valence electrons. The van der Waals surface area contributed by atoms with Crippen LogP contribution in [0.25, 0.3) is 0 Å². The molecule has 2 amide bonds.